The van der Waals surface area contributed by atoms with Crippen LogP contribution in [-0.4, -0.2) is 30.8 Å². The third-order valence-electron chi connectivity index (χ3n) is 4.21. The lowest BCUT2D eigenvalue weighted by atomic mass is 10.0. The topological polar surface area (TPSA) is 80.9 Å². The monoisotopic (exact) mass is 384 g/mol. The van der Waals surface area contributed by atoms with Crippen LogP contribution >= 0.6 is 0 Å². The van der Waals surface area contributed by atoms with Crippen molar-refractivity contribution >= 4 is 16.9 Å². The zero-order valence-electron chi connectivity index (χ0n) is 14.1. The number of nitrogens with zero attached hydrogens (tertiary/aromatic N) is 4. The second kappa shape index (κ2) is 6.45. The van der Waals surface area contributed by atoms with Crippen molar-refractivity contribution in [1.82, 2.24) is 19.7 Å². The predicted octanol–water partition coefficient (Wildman–Crippen LogP) is 4.20. The predicted molar refractivity (Wildman–Crippen MR) is 94.1 cm³/mol. The van der Waals surface area contributed by atoms with Crippen LogP contribution in [-0.2, 0) is 6.18 Å². The number of rotatable bonds is 3. The first-order chi connectivity index (χ1) is 13.4. The summed E-state index contributed by atoms with van der Waals surface area (Å²) in [6.45, 7) is 0. The van der Waals surface area contributed by atoms with Crippen LogP contribution < -0.4 is 0 Å². The zero-order valence-corrected chi connectivity index (χ0v) is 14.1. The van der Waals surface area contributed by atoms with E-state index in [1.54, 1.807) is 36.7 Å². The molecule has 0 bridgehead atoms. The van der Waals surface area contributed by atoms with Gasteiger partial charge in [-0.1, -0.05) is 12.1 Å². The molecular formula is C19H11F3N4O2. The molecular weight excluding hydrogens is 373 g/mol. The minimum atomic E-state index is -4.64. The average molecular weight is 384 g/mol. The number of pyridine rings is 2. The summed E-state index contributed by atoms with van der Waals surface area (Å²) in [5.74, 6) is -1.34. The van der Waals surface area contributed by atoms with Crippen molar-refractivity contribution in [2.75, 3.05) is 0 Å². The number of aromatic nitrogens is 4. The van der Waals surface area contributed by atoms with E-state index in [1.165, 1.54) is 6.07 Å². The van der Waals surface area contributed by atoms with E-state index in [0.29, 0.717) is 5.56 Å². The highest BCUT2D eigenvalue weighted by Gasteiger charge is 2.35. The van der Waals surface area contributed by atoms with Crippen molar-refractivity contribution in [2.45, 2.75) is 6.18 Å². The Labute approximate surface area is 155 Å². The highest BCUT2D eigenvalue weighted by molar-refractivity contribution is 6.03. The highest BCUT2D eigenvalue weighted by atomic mass is 19.4. The summed E-state index contributed by atoms with van der Waals surface area (Å²) in [7, 11) is 0. The van der Waals surface area contributed by atoms with Crippen LogP contribution in [0.1, 0.15) is 16.1 Å². The molecule has 28 heavy (non-hydrogen) atoms. The molecule has 0 aliphatic rings. The molecule has 0 unspecified atom stereocenters. The van der Waals surface area contributed by atoms with Crippen LogP contribution in [0, 0.1) is 0 Å². The van der Waals surface area contributed by atoms with E-state index in [4.69, 9.17) is 0 Å². The minimum absolute atomic E-state index is 0.214. The molecule has 4 rings (SSSR count). The molecule has 0 saturated heterocycles. The lowest BCUT2D eigenvalue weighted by Gasteiger charge is -2.12. The Kier molecular flexibility index (Phi) is 4.07. The Bertz CT molecular complexity index is 1190. The fourth-order valence-electron chi connectivity index (χ4n) is 2.97. The number of aromatic carboxylic acids is 1. The molecule has 3 aromatic heterocycles. The Morgan fingerprint density at radius 3 is 2.46 bits per heavy atom. The normalized spacial score (nSPS) is 11.7. The quantitative estimate of drug-likeness (QED) is 0.573. The molecule has 0 amide bonds. The number of benzene rings is 1. The van der Waals surface area contributed by atoms with Crippen LogP contribution in [0.5, 0.6) is 0 Å². The lowest BCUT2D eigenvalue weighted by molar-refractivity contribution is -0.137. The van der Waals surface area contributed by atoms with E-state index < -0.39 is 17.7 Å². The molecule has 140 valence electrons. The van der Waals surface area contributed by atoms with Gasteiger partial charge in [0.2, 0.25) is 0 Å². The summed E-state index contributed by atoms with van der Waals surface area (Å²) in [6.07, 6.45) is 0.598. The molecule has 0 radical (unpaired) electrons. The molecule has 0 atom stereocenters. The fourth-order valence-corrected chi connectivity index (χ4v) is 2.97. The van der Waals surface area contributed by atoms with Crippen LogP contribution in [0.2, 0.25) is 0 Å². The molecule has 1 aromatic carbocycles. The summed E-state index contributed by atoms with van der Waals surface area (Å²) in [6, 6.07) is 9.13. The molecule has 0 aliphatic heterocycles. The van der Waals surface area contributed by atoms with Crippen molar-refractivity contribution in [3.8, 4) is 16.8 Å². The minimum Gasteiger partial charge on any atom is -0.476 e. The number of carbonyl (C=O) groups is 1. The summed E-state index contributed by atoms with van der Waals surface area (Å²) in [5, 5.41) is 13.7. The van der Waals surface area contributed by atoms with Crippen molar-refractivity contribution < 1.29 is 23.1 Å². The Balaban J connectivity index is 1.99. The van der Waals surface area contributed by atoms with E-state index >= 15 is 0 Å². The third-order valence-corrected chi connectivity index (χ3v) is 4.21. The van der Waals surface area contributed by atoms with E-state index in [2.05, 4.69) is 15.1 Å². The first kappa shape index (κ1) is 17.7. The van der Waals surface area contributed by atoms with Gasteiger partial charge in [-0.3, -0.25) is 9.97 Å². The molecule has 6 nitrogen and oxygen atoms in total. The number of hydrogen-bond donors (Lipinski definition) is 1. The number of hydrogen-bond acceptors (Lipinski definition) is 4. The van der Waals surface area contributed by atoms with Crippen molar-refractivity contribution in [1.29, 1.82) is 0 Å². The standard InChI is InChI=1S/C19H11F3N4O2/c20-19(21,22)14-5-7-24-10-16(14)26-15-4-3-11(12-2-1-6-23-9-12)8-13(15)17(25-26)18(27)28/h1-10H,(H,27,28). The molecule has 0 spiro atoms. The van der Waals surface area contributed by atoms with Gasteiger partial charge in [-0.2, -0.15) is 18.3 Å². The SMILES string of the molecule is O=C(O)c1nn(-c2cnccc2C(F)(F)F)c2ccc(-c3cccnc3)cc12. The number of fused-ring (bicyclic) bond motifs is 1. The molecule has 1 N–H and O–H groups in total. The summed E-state index contributed by atoms with van der Waals surface area (Å²) < 4.78 is 41.1. The van der Waals surface area contributed by atoms with Gasteiger partial charge in [-0.15, -0.1) is 0 Å². The smallest absolute Gasteiger partial charge is 0.418 e. The molecule has 9 heteroatoms. The lowest BCUT2D eigenvalue weighted by Crippen LogP contribution is -2.12. The number of carboxylic acids is 1. The van der Waals surface area contributed by atoms with E-state index in [-0.39, 0.29) is 22.3 Å². The second-order valence-electron chi connectivity index (χ2n) is 5.93. The Morgan fingerprint density at radius 1 is 1.00 bits per heavy atom. The maximum atomic E-state index is 13.4. The van der Waals surface area contributed by atoms with Crippen molar-refractivity contribution in [2.24, 2.45) is 0 Å². The van der Waals surface area contributed by atoms with Gasteiger partial charge in [-0.25, -0.2) is 9.48 Å². The largest absolute Gasteiger partial charge is 0.476 e. The number of alkyl halides is 3. The molecule has 3 heterocycles. The molecule has 0 aliphatic carbocycles. The zero-order chi connectivity index (χ0) is 19.9. The maximum absolute atomic E-state index is 13.4. The van der Waals surface area contributed by atoms with Gasteiger partial charge in [0.1, 0.15) is 0 Å². The molecule has 0 saturated carbocycles. The number of halogens is 3. The average Bonchev–Trinajstić information content (AvgIpc) is 3.07. The van der Waals surface area contributed by atoms with Gasteiger partial charge in [0.05, 0.1) is 23.0 Å². The maximum Gasteiger partial charge on any atom is 0.418 e. The fraction of sp³-hybridized carbons (Fsp3) is 0.0526. The Morgan fingerprint density at radius 2 is 1.79 bits per heavy atom. The summed E-state index contributed by atoms with van der Waals surface area (Å²) in [4.78, 5) is 19.4. The van der Waals surface area contributed by atoms with E-state index in [1.807, 2.05) is 0 Å². The Hall–Kier alpha value is -3.75. The van der Waals surface area contributed by atoms with Crippen LogP contribution in [0.15, 0.2) is 61.2 Å². The third kappa shape index (κ3) is 2.96. The molecule has 0 fully saturated rings. The van der Waals surface area contributed by atoms with Crippen molar-refractivity contribution in [3.63, 3.8) is 0 Å². The van der Waals surface area contributed by atoms with E-state index in [0.717, 1.165) is 28.7 Å². The van der Waals surface area contributed by atoms with Crippen LogP contribution in [0.3, 0.4) is 0 Å². The van der Waals surface area contributed by atoms with Gasteiger partial charge in [0, 0.05) is 29.5 Å². The van der Waals surface area contributed by atoms with E-state index in [9.17, 15) is 23.1 Å². The van der Waals surface area contributed by atoms with Gasteiger partial charge < -0.3 is 5.11 Å². The summed E-state index contributed by atoms with van der Waals surface area (Å²) >= 11 is 0. The first-order valence-corrected chi connectivity index (χ1v) is 8.04. The van der Waals surface area contributed by atoms with Gasteiger partial charge >= 0.3 is 12.1 Å². The van der Waals surface area contributed by atoms with Crippen molar-refractivity contribution in [3.05, 3.63) is 72.4 Å². The summed E-state index contributed by atoms with van der Waals surface area (Å²) in [5.41, 5.74) is -0.0150. The highest BCUT2D eigenvalue weighted by Crippen LogP contribution is 2.35. The van der Waals surface area contributed by atoms with Gasteiger partial charge in [0.15, 0.2) is 5.69 Å². The van der Waals surface area contributed by atoms with Crippen LogP contribution in [0.4, 0.5) is 13.2 Å². The first-order valence-electron chi connectivity index (χ1n) is 8.04. The van der Waals surface area contributed by atoms with Gasteiger partial charge in [-0.05, 0) is 29.8 Å². The number of carboxylic acid groups (broad SMARTS) is 1. The second-order valence-corrected chi connectivity index (χ2v) is 5.93. The van der Waals surface area contributed by atoms with Gasteiger partial charge in [0.25, 0.3) is 0 Å². The molecule has 4 aromatic rings. The van der Waals surface area contributed by atoms with Crippen LogP contribution in [0.25, 0.3) is 27.7 Å².